The summed E-state index contributed by atoms with van der Waals surface area (Å²) in [6.07, 6.45) is 5.80. The number of likely N-dealkylation sites (N-methyl/N-ethyl adjacent to an activating group) is 2. The minimum atomic E-state index is -0.547. The Balaban J connectivity index is 1.79. The number of hydrogen-bond acceptors (Lipinski definition) is 10. The number of pyridine rings is 1. The topological polar surface area (TPSA) is 126 Å². The molecule has 0 saturated carbocycles. The number of hydrogen-bond donors (Lipinski definition) is 2. The molecule has 12 nitrogen and oxygen atoms in total. The monoisotopic (exact) mass is 572 g/mol. The third-order valence-corrected chi connectivity index (χ3v) is 6.31. The quantitative estimate of drug-likeness (QED) is 0.188. The van der Waals surface area contributed by atoms with Gasteiger partial charge in [0.2, 0.25) is 11.9 Å². The fraction of sp³-hybridized carbons (Fsp3) is 0.300. The minimum Gasteiger partial charge on any atom is -0.494 e. The van der Waals surface area contributed by atoms with Crippen molar-refractivity contribution >= 4 is 40.5 Å². The normalized spacial score (nSPS) is 11.0. The Hall–Kier alpha value is -4.97. The minimum absolute atomic E-state index is 0.198. The molecule has 220 valence electrons. The van der Waals surface area contributed by atoms with E-state index < -0.39 is 5.97 Å². The van der Waals surface area contributed by atoms with Gasteiger partial charge in [-0.2, -0.15) is 0 Å². The molecular weight excluding hydrogens is 536 g/mol. The predicted octanol–water partition coefficient (Wildman–Crippen LogP) is 4.23. The number of anilines is 4. The summed E-state index contributed by atoms with van der Waals surface area (Å²) < 4.78 is 13.0. The Kier molecular flexibility index (Phi) is 9.38. The Morgan fingerprint density at radius 3 is 2.57 bits per heavy atom. The van der Waals surface area contributed by atoms with Crippen LogP contribution >= 0.6 is 0 Å². The van der Waals surface area contributed by atoms with Crippen molar-refractivity contribution in [2.45, 2.75) is 20.0 Å². The third-order valence-electron chi connectivity index (χ3n) is 6.31. The summed E-state index contributed by atoms with van der Waals surface area (Å²) >= 11 is 0. The van der Waals surface area contributed by atoms with E-state index in [0.717, 1.165) is 12.2 Å². The molecule has 3 heterocycles. The summed E-state index contributed by atoms with van der Waals surface area (Å²) in [5.74, 6) is -0.200. The van der Waals surface area contributed by atoms with Crippen LogP contribution in [-0.2, 0) is 9.53 Å². The first-order valence-corrected chi connectivity index (χ1v) is 13.4. The van der Waals surface area contributed by atoms with Gasteiger partial charge in [0.05, 0.1) is 42.2 Å². The van der Waals surface area contributed by atoms with Crippen molar-refractivity contribution in [1.82, 2.24) is 24.3 Å². The van der Waals surface area contributed by atoms with Crippen LogP contribution in [0, 0.1) is 0 Å². The molecule has 0 unspecified atom stereocenters. The second-order valence-electron chi connectivity index (χ2n) is 10.1. The number of aromatic nitrogens is 4. The highest BCUT2D eigenvalue weighted by Crippen LogP contribution is 2.38. The molecule has 2 N–H and O–H groups in total. The summed E-state index contributed by atoms with van der Waals surface area (Å²) in [7, 11) is 7.49. The zero-order valence-corrected chi connectivity index (χ0v) is 24.7. The van der Waals surface area contributed by atoms with E-state index in [2.05, 4.69) is 32.1 Å². The molecule has 3 aromatic heterocycles. The van der Waals surface area contributed by atoms with E-state index in [0.29, 0.717) is 40.7 Å². The largest absolute Gasteiger partial charge is 0.494 e. The number of imidazole rings is 1. The summed E-state index contributed by atoms with van der Waals surface area (Å²) in [5.41, 5.74) is 3.64. The number of carbonyl (C=O) groups is 2. The number of carbonyl (C=O) groups excluding carboxylic acids is 2. The van der Waals surface area contributed by atoms with Crippen LogP contribution in [0.1, 0.15) is 24.2 Å². The molecule has 0 spiro atoms. The van der Waals surface area contributed by atoms with Gasteiger partial charge in [0, 0.05) is 38.6 Å². The average Bonchev–Trinajstić information content (AvgIpc) is 3.39. The lowest BCUT2D eigenvalue weighted by Gasteiger charge is -2.26. The number of nitrogens with one attached hydrogen (secondary N) is 2. The number of amides is 1. The summed E-state index contributed by atoms with van der Waals surface area (Å²) in [6, 6.07) is 9.18. The van der Waals surface area contributed by atoms with E-state index in [-0.39, 0.29) is 23.5 Å². The number of methoxy groups -OCH3 is 1. The highest BCUT2D eigenvalue weighted by Gasteiger charge is 2.22. The number of benzene rings is 1. The molecule has 0 aliphatic heterocycles. The lowest BCUT2D eigenvalue weighted by atomic mass is 10.1. The molecule has 0 aliphatic carbocycles. The fourth-order valence-corrected chi connectivity index (χ4v) is 4.20. The number of nitrogens with zero attached hydrogens (tertiary/aromatic N) is 6. The molecule has 4 aromatic rings. The molecule has 4 rings (SSSR count). The van der Waals surface area contributed by atoms with Gasteiger partial charge in [0.25, 0.3) is 0 Å². The van der Waals surface area contributed by atoms with Gasteiger partial charge in [-0.05, 0) is 52.2 Å². The average molecular weight is 573 g/mol. The van der Waals surface area contributed by atoms with Crippen LogP contribution in [0.2, 0.25) is 0 Å². The summed E-state index contributed by atoms with van der Waals surface area (Å²) in [6.45, 7) is 8.64. The van der Waals surface area contributed by atoms with Crippen molar-refractivity contribution in [2.24, 2.45) is 0 Å². The molecule has 1 aromatic carbocycles. The van der Waals surface area contributed by atoms with Crippen molar-refractivity contribution in [3.8, 4) is 17.1 Å². The SMILES string of the molecule is C=CC(=O)Nc1cc(Nc2ncc(C(=O)OC(C)C)c(-c3cnc4ccccn34)n2)c(OC)cc1N(C)CCN(C)C. The van der Waals surface area contributed by atoms with Gasteiger partial charge in [-0.25, -0.2) is 19.7 Å². The van der Waals surface area contributed by atoms with Gasteiger partial charge in [0.15, 0.2) is 0 Å². The zero-order chi connectivity index (χ0) is 30.4. The van der Waals surface area contributed by atoms with Crippen LogP contribution in [0.25, 0.3) is 17.0 Å². The Morgan fingerprint density at radius 1 is 1.10 bits per heavy atom. The molecular formula is C30H36N8O4. The van der Waals surface area contributed by atoms with Crippen molar-refractivity contribution in [1.29, 1.82) is 0 Å². The number of rotatable bonds is 12. The first kappa shape index (κ1) is 30.0. The van der Waals surface area contributed by atoms with Crippen LogP contribution < -0.4 is 20.3 Å². The third kappa shape index (κ3) is 6.84. The van der Waals surface area contributed by atoms with Gasteiger partial charge in [-0.15, -0.1) is 0 Å². The first-order chi connectivity index (χ1) is 20.1. The van der Waals surface area contributed by atoms with E-state index in [9.17, 15) is 9.59 Å². The molecule has 0 saturated heterocycles. The number of ether oxygens (including phenoxy) is 2. The second kappa shape index (κ2) is 13.1. The maximum atomic E-state index is 13.0. The maximum Gasteiger partial charge on any atom is 0.342 e. The molecule has 0 aliphatic rings. The van der Waals surface area contributed by atoms with E-state index in [1.807, 2.05) is 60.9 Å². The summed E-state index contributed by atoms with van der Waals surface area (Å²) in [4.78, 5) is 43.0. The number of fused-ring (bicyclic) bond motifs is 1. The Morgan fingerprint density at radius 2 is 1.88 bits per heavy atom. The van der Waals surface area contributed by atoms with Gasteiger partial charge in [-0.1, -0.05) is 12.6 Å². The van der Waals surface area contributed by atoms with Crippen molar-refractivity contribution in [3.05, 3.63) is 67.1 Å². The first-order valence-electron chi connectivity index (χ1n) is 13.4. The van der Waals surface area contributed by atoms with Crippen LogP contribution in [-0.4, -0.2) is 83.6 Å². The van der Waals surface area contributed by atoms with E-state index >= 15 is 0 Å². The molecule has 0 bridgehead atoms. The van der Waals surface area contributed by atoms with E-state index in [1.165, 1.54) is 12.3 Å². The van der Waals surface area contributed by atoms with E-state index in [4.69, 9.17) is 14.5 Å². The lowest BCUT2D eigenvalue weighted by Crippen LogP contribution is -2.29. The summed E-state index contributed by atoms with van der Waals surface area (Å²) in [5, 5.41) is 6.08. The molecule has 0 atom stereocenters. The van der Waals surface area contributed by atoms with Gasteiger partial charge in [0.1, 0.15) is 22.7 Å². The highest BCUT2D eigenvalue weighted by atomic mass is 16.5. The van der Waals surface area contributed by atoms with Gasteiger partial charge >= 0.3 is 5.97 Å². The van der Waals surface area contributed by atoms with Crippen molar-refractivity contribution in [3.63, 3.8) is 0 Å². The lowest BCUT2D eigenvalue weighted by molar-refractivity contribution is -0.111. The van der Waals surface area contributed by atoms with E-state index in [1.54, 1.807) is 33.2 Å². The molecule has 42 heavy (non-hydrogen) atoms. The second-order valence-corrected chi connectivity index (χ2v) is 10.1. The Labute approximate surface area is 245 Å². The van der Waals surface area contributed by atoms with Crippen LogP contribution in [0.5, 0.6) is 5.75 Å². The number of esters is 1. The molecule has 12 heteroatoms. The molecule has 0 fully saturated rings. The van der Waals surface area contributed by atoms with Crippen LogP contribution in [0.4, 0.5) is 23.0 Å². The van der Waals surface area contributed by atoms with Gasteiger partial charge in [-0.3, -0.25) is 9.20 Å². The fourth-order valence-electron chi connectivity index (χ4n) is 4.20. The van der Waals surface area contributed by atoms with Crippen LogP contribution in [0.3, 0.4) is 0 Å². The standard InChI is InChI=1S/C30H36N8O4/c1-8-27(39)33-21-15-22(25(41-7)16-23(21)37(6)14-13-36(4)5)34-30-32-17-20(29(40)42-19(2)3)28(35-30)24-18-31-26-11-9-10-12-38(24)26/h8-12,15-19H,1,13-14H2,2-7H3,(H,33,39)(H,32,34,35). The van der Waals surface area contributed by atoms with Gasteiger partial charge < -0.3 is 29.9 Å². The van der Waals surface area contributed by atoms with Crippen LogP contribution in [0.15, 0.2) is 61.6 Å². The molecule has 1 amide bonds. The van der Waals surface area contributed by atoms with Crippen molar-refractivity contribution < 1.29 is 19.1 Å². The Bertz CT molecular complexity index is 1600. The maximum absolute atomic E-state index is 13.0. The smallest absolute Gasteiger partial charge is 0.342 e. The molecule has 0 radical (unpaired) electrons. The highest BCUT2D eigenvalue weighted by molar-refractivity contribution is 6.02. The predicted molar refractivity (Wildman–Crippen MR) is 164 cm³/mol. The van der Waals surface area contributed by atoms with Crippen molar-refractivity contribution in [2.75, 3.05) is 56.9 Å². The zero-order valence-electron chi connectivity index (χ0n) is 24.7.